The second-order valence-corrected chi connectivity index (χ2v) is 10.7. The molecular formula is C32H27N7O. The zero-order chi connectivity index (χ0) is 27.2. The molecule has 1 N–H and O–H groups in total. The lowest BCUT2D eigenvalue weighted by atomic mass is 9.96. The highest BCUT2D eigenvalue weighted by Crippen LogP contribution is 2.43. The van der Waals surface area contributed by atoms with E-state index in [0.29, 0.717) is 36.2 Å². The number of hydrogen-bond acceptors (Lipinski definition) is 6. The number of aryl methyl sites for hydroxylation is 1. The summed E-state index contributed by atoms with van der Waals surface area (Å²) in [6.45, 7) is 2.01. The summed E-state index contributed by atoms with van der Waals surface area (Å²) < 4.78 is 1.84. The van der Waals surface area contributed by atoms with Crippen LogP contribution in [0.4, 0.5) is 5.82 Å². The molecule has 8 nitrogen and oxygen atoms in total. The van der Waals surface area contributed by atoms with Crippen LogP contribution in [0.15, 0.2) is 72.2 Å². The number of carbonyl (C=O) groups excluding carboxylic acids is 1. The van der Waals surface area contributed by atoms with E-state index in [1.165, 1.54) is 5.57 Å². The Hall–Kier alpha value is -4.83. The number of aromatic nitrogens is 4. The summed E-state index contributed by atoms with van der Waals surface area (Å²) in [6.07, 6.45) is 6.88. The van der Waals surface area contributed by atoms with Gasteiger partial charge in [-0.25, -0.2) is 4.98 Å². The first-order valence-corrected chi connectivity index (χ1v) is 13.6. The van der Waals surface area contributed by atoms with Crippen molar-refractivity contribution < 1.29 is 4.79 Å². The van der Waals surface area contributed by atoms with Crippen molar-refractivity contribution in [2.24, 2.45) is 7.05 Å². The number of benzene rings is 2. The summed E-state index contributed by atoms with van der Waals surface area (Å²) in [6, 6.07) is 18.1. The van der Waals surface area contributed by atoms with Crippen molar-refractivity contribution in [2.75, 3.05) is 11.4 Å². The molecule has 1 fully saturated rings. The van der Waals surface area contributed by atoms with Crippen molar-refractivity contribution in [1.82, 2.24) is 25.1 Å². The van der Waals surface area contributed by atoms with Crippen LogP contribution >= 0.6 is 0 Å². The average Bonchev–Trinajstić information content (AvgIpc) is 3.64. The highest BCUT2D eigenvalue weighted by Gasteiger charge is 2.32. The predicted molar refractivity (Wildman–Crippen MR) is 151 cm³/mol. The molecule has 1 amide bonds. The molecule has 8 heteroatoms. The highest BCUT2D eigenvalue weighted by molar-refractivity contribution is 6.10. The SMILES string of the molecule is Cn1cnnc1-c1cc(C#N)ccc1-c1cc(C2CC2)nc(N2Cc3ccc(CNCC4=C=CC4)cc3C2=O)c1. The number of nitrogens with one attached hydrogen (secondary N) is 1. The van der Waals surface area contributed by atoms with E-state index >= 15 is 0 Å². The van der Waals surface area contributed by atoms with Crippen molar-refractivity contribution >= 4 is 11.7 Å². The van der Waals surface area contributed by atoms with E-state index in [2.05, 4.69) is 45.5 Å². The maximum Gasteiger partial charge on any atom is 0.260 e. The molecule has 40 heavy (non-hydrogen) atoms. The Kier molecular flexibility index (Phi) is 5.89. The van der Waals surface area contributed by atoms with E-state index in [4.69, 9.17) is 4.98 Å². The molecule has 0 radical (unpaired) electrons. The van der Waals surface area contributed by atoms with E-state index in [9.17, 15) is 10.1 Å². The van der Waals surface area contributed by atoms with Crippen LogP contribution in [0, 0.1) is 11.3 Å². The monoisotopic (exact) mass is 525 g/mol. The Morgan fingerprint density at radius 3 is 2.67 bits per heavy atom. The molecule has 3 heterocycles. The number of nitrogens with zero attached hydrogens (tertiary/aromatic N) is 6. The molecule has 0 bridgehead atoms. The third-order valence-corrected chi connectivity index (χ3v) is 7.82. The number of carbonyl (C=O) groups is 1. The largest absolute Gasteiger partial charge is 0.317 e. The Bertz CT molecular complexity index is 1780. The van der Waals surface area contributed by atoms with Crippen molar-refractivity contribution in [2.45, 2.75) is 38.3 Å². The molecule has 0 unspecified atom stereocenters. The van der Waals surface area contributed by atoms with Crippen LogP contribution < -0.4 is 10.2 Å². The number of amides is 1. The lowest BCUT2D eigenvalue weighted by Crippen LogP contribution is -2.24. The summed E-state index contributed by atoms with van der Waals surface area (Å²) in [5.74, 6) is 1.70. The average molecular weight is 526 g/mol. The van der Waals surface area contributed by atoms with E-state index < -0.39 is 0 Å². The van der Waals surface area contributed by atoms with E-state index in [1.54, 1.807) is 11.2 Å². The normalized spacial score (nSPS) is 15.6. The van der Waals surface area contributed by atoms with Crippen molar-refractivity contribution in [3.63, 3.8) is 0 Å². The van der Waals surface area contributed by atoms with Gasteiger partial charge in [-0.1, -0.05) is 18.2 Å². The molecule has 3 aliphatic rings. The fourth-order valence-electron chi connectivity index (χ4n) is 5.37. The number of pyridine rings is 1. The molecular weight excluding hydrogens is 498 g/mol. The minimum atomic E-state index is -0.0266. The van der Waals surface area contributed by atoms with E-state index in [0.717, 1.165) is 64.9 Å². The van der Waals surface area contributed by atoms with E-state index in [-0.39, 0.29) is 5.91 Å². The summed E-state index contributed by atoms with van der Waals surface area (Å²) in [5.41, 5.74) is 11.5. The zero-order valence-electron chi connectivity index (χ0n) is 22.2. The third kappa shape index (κ3) is 4.42. The smallest absolute Gasteiger partial charge is 0.260 e. The lowest BCUT2D eigenvalue weighted by molar-refractivity contribution is 0.0996. The zero-order valence-corrected chi connectivity index (χ0v) is 22.2. The summed E-state index contributed by atoms with van der Waals surface area (Å²) in [4.78, 5) is 20.5. The minimum absolute atomic E-state index is 0.0266. The van der Waals surface area contributed by atoms with Gasteiger partial charge in [-0.15, -0.1) is 15.9 Å². The Morgan fingerprint density at radius 2 is 1.95 bits per heavy atom. The minimum Gasteiger partial charge on any atom is -0.317 e. The van der Waals surface area contributed by atoms with Crippen molar-refractivity contribution in [3.05, 3.63) is 100 Å². The molecule has 0 atom stereocenters. The lowest BCUT2D eigenvalue weighted by Gasteiger charge is -2.18. The van der Waals surface area contributed by atoms with Gasteiger partial charge in [0.2, 0.25) is 0 Å². The van der Waals surface area contributed by atoms with Gasteiger partial charge in [0, 0.05) is 49.3 Å². The molecule has 1 aliphatic heterocycles. The summed E-state index contributed by atoms with van der Waals surface area (Å²) >= 11 is 0. The van der Waals surface area contributed by atoms with Crippen molar-refractivity contribution in [1.29, 1.82) is 5.26 Å². The van der Waals surface area contributed by atoms with Crippen LogP contribution in [0.3, 0.4) is 0 Å². The molecule has 4 aromatic rings. The van der Waals surface area contributed by atoms with Crippen LogP contribution in [0.2, 0.25) is 0 Å². The fourth-order valence-corrected chi connectivity index (χ4v) is 5.37. The van der Waals surface area contributed by atoms with Gasteiger partial charge in [0.25, 0.3) is 5.91 Å². The Morgan fingerprint density at radius 1 is 1.07 bits per heavy atom. The molecule has 2 aliphatic carbocycles. The molecule has 0 saturated heterocycles. The molecule has 2 aromatic heterocycles. The number of anilines is 1. The van der Waals surface area contributed by atoms with Gasteiger partial charge < -0.3 is 9.88 Å². The number of nitriles is 1. The van der Waals surface area contributed by atoms with Crippen LogP contribution in [0.5, 0.6) is 0 Å². The van der Waals surface area contributed by atoms with Gasteiger partial charge in [0.15, 0.2) is 5.82 Å². The first-order chi connectivity index (χ1) is 19.6. The van der Waals surface area contributed by atoms with Gasteiger partial charge in [-0.05, 0) is 77.1 Å². The van der Waals surface area contributed by atoms with Gasteiger partial charge >= 0.3 is 0 Å². The van der Waals surface area contributed by atoms with E-state index in [1.807, 2.05) is 48.0 Å². The highest BCUT2D eigenvalue weighted by atomic mass is 16.2. The Balaban J connectivity index is 1.24. The summed E-state index contributed by atoms with van der Waals surface area (Å²) in [5, 5.41) is 21.4. The van der Waals surface area contributed by atoms with Gasteiger partial charge in [-0.3, -0.25) is 9.69 Å². The molecule has 1 saturated carbocycles. The van der Waals surface area contributed by atoms with Crippen LogP contribution in [0.1, 0.15) is 57.9 Å². The number of rotatable bonds is 8. The number of fused-ring (bicyclic) bond motifs is 1. The third-order valence-electron chi connectivity index (χ3n) is 7.82. The standard InChI is InChI=1S/C32H27N7O/c1-38-19-35-37-31(38)28-11-21(15-33)6-10-26(28)25-13-29(23-8-9-23)36-30(14-25)39-18-24-7-5-22(12-27(24)32(39)40)17-34-16-20-3-2-4-20/h2,5-7,10-14,19,23,34H,3,8-9,16-18H2,1H3. The van der Waals surface area contributed by atoms with Crippen LogP contribution in [-0.2, 0) is 20.1 Å². The second-order valence-electron chi connectivity index (χ2n) is 10.7. The van der Waals surface area contributed by atoms with Crippen LogP contribution in [0.25, 0.3) is 22.5 Å². The topological polar surface area (TPSA) is 99.7 Å². The molecule has 2 aromatic carbocycles. The predicted octanol–water partition coefficient (Wildman–Crippen LogP) is 5.03. The molecule has 196 valence electrons. The Labute approximate surface area is 232 Å². The molecule has 0 spiro atoms. The fraction of sp³-hybridized carbons (Fsp3) is 0.250. The van der Waals surface area contributed by atoms with Gasteiger partial charge in [-0.2, -0.15) is 5.26 Å². The maximum atomic E-state index is 13.7. The first-order valence-electron chi connectivity index (χ1n) is 13.6. The molecule has 7 rings (SSSR count). The summed E-state index contributed by atoms with van der Waals surface area (Å²) in [7, 11) is 1.89. The quantitative estimate of drug-likeness (QED) is 0.324. The second kappa shape index (κ2) is 9.73. The van der Waals surface area contributed by atoms with Crippen molar-refractivity contribution in [3.8, 4) is 28.6 Å². The maximum absolute atomic E-state index is 13.7. The first kappa shape index (κ1) is 24.2. The van der Waals surface area contributed by atoms with Gasteiger partial charge in [0.1, 0.15) is 12.1 Å². The van der Waals surface area contributed by atoms with Gasteiger partial charge in [0.05, 0.1) is 18.2 Å². The number of hydrogen-bond donors (Lipinski definition) is 1. The van der Waals surface area contributed by atoms with Crippen LogP contribution in [-0.4, -0.2) is 32.2 Å².